The number of likely N-dealkylation sites (tertiary alicyclic amines) is 1. The number of carbonyl (C=O) groups is 2. The normalized spacial score (nSPS) is 15.5. The molecule has 126 valence electrons. The number of rotatable bonds is 4. The number of piperidine rings is 1. The Bertz CT molecular complexity index is 731. The molecule has 2 aromatic rings. The van der Waals surface area contributed by atoms with Crippen LogP contribution in [0.25, 0.3) is 11.3 Å². The van der Waals surface area contributed by atoms with Crippen molar-refractivity contribution in [2.24, 2.45) is 13.0 Å². The van der Waals surface area contributed by atoms with Gasteiger partial charge in [0.15, 0.2) is 0 Å². The summed E-state index contributed by atoms with van der Waals surface area (Å²) in [7, 11) is 1.83. The third-order valence-electron chi connectivity index (χ3n) is 4.58. The Morgan fingerprint density at radius 3 is 2.50 bits per heavy atom. The molecule has 0 saturated carbocycles. The fourth-order valence-electron chi connectivity index (χ4n) is 3.29. The summed E-state index contributed by atoms with van der Waals surface area (Å²) in [6.45, 7) is 1.19. The predicted molar refractivity (Wildman–Crippen MR) is 89.5 cm³/mol. The van der Waals surface area contributed by atoms with Crippen molar-refractivity contribution >= 4 is 11.9 Å². The maximum Gasteiger partial charge on any atom is 0.303 e. The Morgan fingerprint density at radius 1 is 1.21 bits per heavy atom. The van der Waals surface area contributed by atoms with E-state index in [4.69, 9.17) is 5.11 Å². The van der Waals surface area contributed by atoms with Gasteiger partial charge in [0.2, 0.25) is 0 Å². The summed E-state index contributed by atoms with van der Waals surface area (Å²) < 4.78 is 1.72. The lowest BCUT2D eigenvalue weighted by atomic mass is 9.93. The number of aromatic nitrogens is 2. The van der Waals surface area contributed by atoms with Crippen LogP contribution in [0.3, 0.4) is 0 Å². The van der Waals surface area contributed by atoms with E-state index < -0.39 is 5.97 Å². The molecule has 3 rings (SSSR count). The van der Waals surface area contributed by atoms with Gasteiger partial charge in [0.05, 0.1) is 17.5 Å². The zero-order chi connectivity index (χ0) is 17.1. The van der Waals surface area contributed by atoms with Crippen LogP contribution < -0.4 is 0 Å². The molecule has 1 aliphatic heterocycles. The Morgan fingerprint density at radius 2 is 1.88 bits per heavy atom. The fraction of sp³-hybridized carbons (Fsp3) is 0.389. The van der Waals surface area contributed by atoms with Gasteiger partial charge < -0.3 is 10.0 Å². The number of carboxylic acids is 1. The zero-order valence-electron chi connectivity index (χ0n) is 13.7. The number of carbonyl (C=O) groups excluding carboxylic acids is 1. The average molecular weight is 327 g/mol. The summed E-state index contributed by atoms with van der Waals surface area (Å²) in [5, 5.41) is 13.1. The topological polar surface area (TPSA) is 75.4 Å². The summed E-state index contributed by atoms with van der Waals surface area (Å²) in [4.78, 5) is 25.5. The van der Waals surface area contributed by atoms with Crippen LogP contribution in [-0.2, 0) is 11.8 Å². The zero-order valence-corrected chi connectivity index (χ0v) is 13.7. The molecule has 1 fully saturated rings. The van der Waals surface area contributed by atoms with E-state index in [1.165, 1.54) is 0 Å². The molecule has 6 nitrogen and oxygen atoms in total. The Kier molecular flexibility index (Phi) is 4.64. The third-order valence-corrected chi connectivity index (χ3v) is 4.58. The van der Waals surface area contributed by atoms with Crippen LogP contribution in [0, 0.1) is 5.92 Å². The molecular weight excluding hydrogens is 306 g/mol. The van der Waals surface area contributed by atoms with Crippen molar-refractivity contribution in [3.63, 3.8) is 0 Å². The predicted octanol–water partition coefficient (Wildman–Crippen LogP) is 2.41. The van der Waals surface area contributed by atoms with Crippen LogP contribution in [0.1, 0.15) is 29.6 Å². The number of amides is 1. The highest BCUT2D eigenvalue weighted by Gasteiger charge is 2.27. The number of nitrogens with zero attached hydrogens (tertiary/aromatic N) is 3. The fourth-order valence-corrected chi connectivity index (χ4v) is 3.29. The van der Waals surface area contributed by atoms with Crippen molar-refractivity contribution in [3.8, 4) is 11.3 Å². The van der Waals surface area contributed by atoms with Crippen molar-refractivity contribution in [3.05, 3.63) is 42.1 Å². The molecule has 0 unspecified atom stereocenters. The van der Waals surface area contributed by atoms with Gasteiger partial charge in [0.1, 0.15) is 0 Å². The van der Waals surface area contributed by atoms with Gasteiger partial charge in [-0.15, -0.1) is 0 Å². The molecule has 1 aromatic carbocycles. The largest absolute Gasteiger partial charge is 0.481 e. The Labute approximate surface area is 140 Å². The molecule has 1 aromatic heterocycles. The molecule has 0 atom stereocenters. The molecule has 0 aliphatic carbocycles. The monoisotopic (exact) mass is 327 g/mol. The molecule has 0 spiro atoms. The lowest BCUT2D eigenvalue weighted by Crippen LogP contribution is -2.39. The highest BCUT2D eigenvalue weighted by atomic mass is 16.4. The summed E-state index contributed by atoms with van der Waals surface area (Å²) in [5.74, 6) is -0.636. The van der Waals surface area contributed by atoms with E-state index in [2.05, 4.69) is 5.10 Å². The first kappa shape index (κ1) is 16.2. The van der Waals surface area contributed by atoms with Gasteiger partial charge in [0, 0.05) is 32.1 Å². The molecule has 1 aliphatic rings. The van der Waals surface area contributed by atoms with Crippen LogP contribution in [0.2, 0.25) is 0 Å². The quantitative estimate of drug-likeness (QED) is 0.936. The summed E-state index contributed by atoms with van der Waals surface area (Å²) in [6, 6.07) is 9.75. The van der Waals surface area contributed by atoms with Gasteiger partial charge in [-0.1, -0.05) is 30.3 Å². The van der Waals surface area contributed by atoms with Crippen LogP contribution in [-0.4, -0.2) is 44.8 Å². The first-order valence-electron chi connectivity index (χ1n) is 8.14. The van der Waals surface area contributed by atoms with Crippen LogP contribution in [0.15, 0.2) is 36.5 Å². The number of benzene rings is 1. The summed E-state index contributed by atoms with van der Waals surface area (Å²) in [5.41, 5.74) is 2.37. The molecule has 0 radical (unpaired) electrons. The SMILES string of the molecule is Cn1ncc(C(=O)N2CCC(CC(=O)O)CC2)c1-c1ccccc1. The van der Waals surface area contributed by atoms with E-state index in [9.17, 15) is 9.59 Å². The smallest absolute Gasteiger partial charge is 0.303 e. The van der Waals surface area contributed by atoms with Crippen LogP contribution >= 0.6 is 0 Å². The maximum atomic E-state index is 12.9. The first-order valence-corrected chi connectivity index (χ1v) is 8.14. The second-order valence-corrected chi connectivity index (χ2v) is 6.23. The average Bonchev–Trinajstić information content (AvgIpc) is 2.97. The minimum Gasteiger partial charge on any atom is -0.481 e. The van der Waals surface area contributed by atoms with Gasteiger partial charge >= 0.3 is 5.97 Å². The molecule has 2 heterocycles. The number of hydrogen-bond acceptors (Lipinski definition) is 3. The molecule has 1 N–H and O–H groups in total. The van der Waals surface area contributed by atoms with E-state index in [1.807, 2.05) is 42.3 Å². The highest BCUT2D eigenvalue weighted by molar-refractivity contribution is 6.00. The molecule has 1 saturated heterocycles. The standard InChI is InChI=1S/C18H21N3O3/c1-20-17(14-5-3-2-4-6-14)15(12-19-20)18(24)21-9-7-13(8-10-21)11-16(22)23/h2-6,12-13H,7-11H2,1H3,(H,22,23). The lowest BCUT2D eigenvalue weighted by molar-refractivity contribution is -0.138. The summed E-state index contributed by atoms with van der Waals surface area (Å²) in [6.07, 6.45) is 3.27. The number of aliphatic carboxylic acids is 1. The Balaban J connectivity index is 1.76. The van der Waals surface area contributed by atoms with E-state index in [0.717, 1.165) is 24.1 Å². The van der Waals surface area contributed by atoms with E-state index in [-0.39, 0.29) is 18.2 Å². The second kappa shape index (κ2) is 6.86. The first-order chi connectivity index (χ1) is 11.6. The van der Waals surface area contributed by atoms with Gasteiger partial charge in [-0.2, -0.15) is 5.10 Å². The van der Waals surface area contributed by atoms with Crippen molar-refractivity contribution in [1.29, 1.82) is 0 Å². The second-order valence-electron chi connectivity index (χ2n) is 6.23. The van der Waals surface area contributed by atoms with Crippen LogP contribution in [0.4, 0.5) is 0 Å². The van der Waals surface area contributed by atoms with Crippen molar-refractivity contribution in [2.45, 2.75) is 19.3 Å². The number of carboxylic acid groups (broad SMARTS) is 1. The highest BCUT2D eigenvalue weighted by Crippen LogP contribution is 2.27. The third kappa shape index (κ3) is 3.32. The molecule has 0 bridgehead atoms. The minimum atomic E-state index is -0.765. The minimum absolute atomic E-state index is 0.0317. The van der Waals surface area contributed by atoms with Gasteiger partial charge in [-0.3, -0.25) is 14.3 Å². The molecule has 6 heteroatoms. The van der Waals surface area contributed by atoms with Crippen molar-refractivity contribution in [2.75, 3.05) is 13.1 Å². The van der Waals surface area contributed by atoms with Crippen molar-refractivity contribution < 1.29 is 14.7 Å². The van der Waals surface area contributed by atoms with Crippen molar-refractivity contribution in [1.82, 2.24) is 14.7 Å². The van der Waals surface area contributed by atoms with Gasteiger partial charge in [-0.25, -0.2) is 0 Å². The molecule has 24 heavy (non-hydrogen) atoms. The van der Waals surface area contributed by atoms with Gasteiger partial charge in [0.25, 0.3) is 5.91 Å². The van der Waals surface area contributed by atoms with E-state index in [0.29, 0.717) is 18.7 Å². The molecule has 1 amide bonds. The van der Waals surface area contributed by atoms with Crippen LogP contribution in [0.5, 0.6) is 0 Å². The van der Waals surface area contributed by atoms with E-state index >= 15 is 0 Å². The number of aryl methyl sites for hydroxylation is 1. The van der Waals surface area contributed by atoms with Gasteiger partial charge in [-0.05, 0) is 18.8 Å². The molecular formula is C18H21N3O3. The Hall–Kier alpha value is -2.63. The number of hydrogen-bond donors (Lipinski definition) is 1. The lowest BCUT2D eigenvalue weighted by Gasteiger charge is -2.31. The maximum absolute atomic E-state index is 12.9. The summed E-state index contributed by atoms with van der Waals surface area (Å²) >= 11 is 0. The van der Waals surface area contributed by atoms with E-state index in [1.54, 1.807) is 10.9 Å².